The molecule has 0 amide bonds. The van der Waals surface area contributed by atoms with Crippen LogP contribution >= 0.6 is 0 Å². The van der Waals surface area contributed by atoms with Crippen LogP contribution in [0.3, 0.4) is 0 Å². The van der Waals surface area contributed by atoms with Gasteiger partial charge in [0.15, 0.2) is 0 Å². The largest absolute Gasteiger partial charge is 0.388 e. The normalized spacial score (nSPS) is 13.2. The van der Waals surface area contributed by atoms with Gasteiger partial charge in [0.05, 0.1) is 0 Å². The summed E-state index contributed by atoms with van der Waals surface area (Å²) in [6.07, 6.45) is 2.17. The van der Waals surface area contributed by atoms with Crippen LogP contribution in [-0.2, 0) is 48.7 Å². The molecule has 0 aromatic heterocycles. The van der Waals surface area contributed by atoms with Crippen LogP contribution in [0.5, 0.6) is 0 Å². The Morgan fingerprint density at radius 2 is 0.969 bits per heavy atom. The highest BCUT2D eigenvalue weighted by atomic mass is 17.4. The van der Waals surface area contributed by atoms with Gasteiger partial charge in [-0.25, -0.2) is 30.6 Å². The predicted octanol–water partition coefficient (Wildman–Crippen LogP) is 2.47. The molecule has 16 heteroatoms. The van der Waals surface area contributed by atoms with Crippen LogP contribution in [0.25, 0.3) is 0 Å². The molecule has 0 saturated heterocycles. The maximum atomic E-state index is 11.4. The van der Waals surface area contributed by atoms with E-state index in [1.807, 2.05) is 0 Å². The Morgan fingerprint density at radius 1 is 0.656 bits per heavy atom. The zero-order valence-corrected chi connectivity index (χ0v) is 17.2. The lowest BCUT2D eigenvalue weighted by Crippen LogP contribution is -2.47. The van der Waals surface area contributed by atoms with Crippen LogP contribution in [0.4, 0.5) is 0 Å². The summed E-state index contributed by atoms with van der Waals surface area (Å²) in [5, 5.41) is 54.0. The summed E-state index contributed by atoms with van der Waals surface area (Å²) < 4.78 is 0. The van der Waals surface area contributed by atoms with Gasteiger partial charge in [0.2, 0.25) is 0 Å². The lowest BCUT2D eigenvalue weighted by molar-refractivity contribution is -0.676. The Bertz CT molecular complexity index is 568. The Labute approximate surface area is 180 Å². The fraction of sp³-hybridized carbons (Fsp3) is 0.625. The van der Waals surface area contributed by atoms with Gasteiger partial charge in [-0.2, -0.15) is 39.8 Å². The van der Waals surface area contributed by atoms with Crippen LogP contribution in [0, 0.1) is 0 Å². The Hall–Kier alpha value is -2.06. The first-order chi connectivity index (χ1) is 15.3. The second kappa shape index (κ2) is 15.7. The van der Waals surface area contributed by atoms with E-state index in [0.29, 0.717) is 25.0 Å². The van der Waals surface area contributed by atoms with E-state index >= 15 is 0 Å². The number of hydrogen-bond acceptors (Lipinski definition) is 16. The first-order valence-electron chi connectivity index (χ1n) is 9.08. The van der Waals surface area contributed by atoms with Crippen LogP contribution in [0.15, 0.2) is 23.3 Å². The molecule has 0 aliphatic rings. The number of hydrogen-bond donors (Lipinski definition) is 6. The second-order valence-electron chi connectivity index (χ2n) is 6.01. The van der Waals surface area contributed by atoms with Crippen molar-refractivity contribution in [1.29, 1.82) is 0 Å². The van der Waals surface area contributed by atoms with Gasteiger partial charge in [-0.15, -0.1) is 0 Å². The average molecular weight is 474 g/mol. The van der Waals surface area contributed by atoms with Crippen molar-refractivity contribution in [3.63, 3.8) is 0 Å². The van der Waals surface area contributed by atoms with Crippen molar-refractivity contribution in [2.24, 2.45) is 0 Å². The van der Waals surface area contributed by atoms with Crippen molar-refractivity contribution in [3.05, 3.63) is 23.3 Å². The van der Waals surface area contributed by atoms with E-state index in [2.05, 4.69) is 39.1 Å². The number of unbranched alkanes of at least 4 members (excludes halogenated alkanes) is 2. The molecule has 0 atom stereocenters. The molecule has 16 nitrogen and oxygen atoms in total. The van der Waals surface area contributed by atoms with Crippen molar-refractivity contribution >= 4 is 11.9 Å². The summed E-state index contributed by atoms with van der Waals surface area (Å²) in [6.45, 7) is 3.46. The highest BCUT2D eigenvalue weighted by Gasteiger charge is 2.49. The highest BCUT2D eigenvalue weighted by molar-refractivity contribution is 5.82. The van der Waals surface area contributed by atoms with Gasteiger partial charge in [-0.05, 0) is 25.7 Å². The number of carbonyl (C=O) groups excluding carboxylic acids is 2. The molecule has 0 spiro atoms. The fourth-order valence-electron chi connectivity index (χ4n) is 2.24. The molecule has 0 aromatic carbocycles. The quantitative estimate of drug-likeness (QED) is 0.0769. The molecule has 0 saturated carbocycles. The molecular weight excluding hydrogens is 448 g/mol. The van der Waals surface area contributed by atoms with Crippen LogP contribution in [0.2, 0.25) is 0 Å². The molecule has 0 rings (SSSR count). The summed E-state index contributed by atoms with van der Waals surface area (Å²) in [4.78, 5) is 54.8. The highest BCUT2D eigenvalue weighted by Crippen LogP contribution is 2.34. The van der Waals surface area contributed by atoms with E-state index < -0.39 is 35.0 Å². The summed E-state index contributed by atoms with van der Waals surface area (Å²) in [5.41, 5.74) is -1.08. The van der Waals surface area contributed by atoms with E-state index in [-0.39, 0.29) is 25.7 Å². The Morgan fingerprint density at radius 3 is 1.19 bits per heavy atom. The second-order valence-corrected chi connectivity index (χ2v) is 6.01. The van der Waals surface area contributed by atoms with E-state index in [1.54, 1.807) is 13.8 Å². The van der Waals surface area contributed by atoms with Crippen molar-refractivity contribution in [1.82, 2.24) is 0 Å². The summed E-state index contributed by atoms with van der Waals surface area (Å²) in [5.74, 6) is -9.18. The lowest BCUT2D eigenvalue weighted by atomic mass is 10.1. The van der Waals surface area contributed by atoms with E-state index in [4.69, 9.17) is 10.5 Å². The molecule has 0 fully saturated rings. The van der Waals surface area contributed by atoms with Gasteiger partial charge >= 0.3 is 23.9 Å². The van der Waals surface area contributed by atoms with E-state index in [9.17, 15) is 30.6 Å². The van der Waals surface area contributed by atoms with Crippen LogP contribution in [0.1, 0.15) is 52.4 Å². The standard InChI is InChI=1S/C16H26O16/c1-3-5-7-11(9-13(17)25-19)15(27-21,28-22)31-32-16(29-23,30-24)12(8-6-4-2)10-14(18)26-20/h9-10,19-24H,3-8H2,1-2H3/b11-9-,12-10-. The van der Waals surface area contributed by atoms with Crippen LogP contribution < -0.4 is 0 Å². The summed E-state index contributed by atoms with van der Waals surface area (Å²) >= 11 is 0. The van der Waals surface area contributed by atoms with Gasteiger partial charge < -0.3 is 0 Å². The SMILES string of the molecule is CCCC/C(=C/C(=O)OO)C(OO)(OO)OOC(OO)(OO)/C(=C\C(=O)OO)CCCC. The molecule has 0 heterocycles. The van der Waals surface area contributed by atoms with Gasteiger partial charge in [-0.1, -0.05) is 26.7 Å². The molecule has 0 aromatic rings. The smallest absolute Gasteiger partial charge is 0.296 e. The fourth-order valence-corrected chi connectivity index (χ4v) is 2.24. The average Bonchev–Trinajstić information content (AvgIpc) is 2.83. The number of rotatable bonds is 17. The molecule has 0 unspecified atom stereocenters. The van der Waals surface area contributed by atoms with Crippen LogP contribution in [-0.4, -0.2) is 55.4 Å². The third-order valence-electron chi connectivity index (χ3n) is 3.89. The van der Waals surface area contributed by atoms with Crippen molar-refractivity contribution in [2.75, 3.05) is 0 Å². The van der Waals surface area contributed by atoms with Gasteiger partial charge in [0, 0.05) is 23.3 Å². The minimum atomic E-state index is -3.18. The molecule has 0 aliphatic heterocycles. The lowest BCUT2D eigenvalue weighted by Gasteiger charge is -2.32. The molecule has 0 bridgehead atoms. The topological polar surface area (TPSA) is 229 Å². The van der Waals surface area contributed by atoms with Gasteiger partial charge in [0.1, 0.15) is 0 Å². The molecule has 0 aliphatic carbocycles. The van der Waals surface area contributed by atoms with Gasteiger partial charge in [0.25, 0.3) is 0 Å². The van der Waals surface area contributed by atoms with Gasteiger partial charge in [-0.3, -0.25) is 9.78 Å². The maximum absolute atomic E-state index is 11.4. The minimum Gasteiger partial charge on any atom is -0.296 e. The van der Waals surface area contributed by atoms with Crippen molar-refractivity contribution < 1.29 is 80.2 Å². The molecular formula is C16H26O16. The first-order valence-corrected chi connectivity index (χ1v) is 9.08. The third kappa shape index (κ3) is 8.47. The molecule has 0 radical (unpaired) electrons. The number of carbonyl (C=O) groups is 2. The Kier molecular flexibility index (Phi) is 14.7. The third-order valence-corrected chi connectivity index (χ3v) is 3.89. The predicted molar refractivity (Wildman–Crippen MR) is 95.1 cm³/mol. The maximum Gasteiger partial charge on any atom is 0.388 e. The first kappa shape index (κ1) is 29.9. The minimum absolute atomic E-state index is 0.196. The van der Waals surface area contributed by atoms with Crippen molar-refractivity contribution in [3.8, 4) is 0 Å². The monoisotopic (exact) mass is 474 g/mol. The zero-order chi connectivity index (χ0) is 24.6. The summed E-state index contributed by atoms with van der Waals surface area (Å²) in [7, 11) is 0. The summed E-state index contributed by atoms with van der Waals surface area (Å²) in [6, 6.07) is 0. The molecule has 186 valence electrons. The Balaban J connectivity index is 6.21. The van der Waals surface area contributed by atoms with E-state index in [0.717, 1.165) is 0 Å². The van der Waals surface area contributed by atoms with E-state index in [1.165, 1.54) is 0 Å². The molecule has 6 N–H and O–H groups in total. The zero-order valence-electron chi connectivity index (χ0n) is 17.2. The molecule has 32 heavy (non-hydrogen) atoms. The van der Waals surface area contributed by atoms with Crippen molar-refractivity contribution in [2.45, 2.75) is 64.3 Å².